The molecule has 0 saturated carbocycles. The lowest BCUT2D eigenvalue weighted by atomic mass is 9.96. The summed E-state index contributed by atoms with van der Waals surface area (Å²) in [5.74, 6) is 0.0343. The van der Waals surface area contributed by atoms with E-state index in [1.165, 1.54) is 0 Å². The normalized spacial score (nSPS) is 25.3. The van der Waals surface area contributed by atoms with E-state index < -0.39 is 6.04 Å². The van der Waals surface area contributed by atoms with E-state index in [-0.39, 0.29) is 30.4 Å². The lowest BCUT2D eigenvalue weighted by molar-refractivity contribution is -0.136. The fourth-order valence-electron chi connectivity index (χ4n) is 2.04. The SMILES string of the molecule is CC(N)C(=O)N1CCCCC1C(C)N.Cl. The van der Waals surface area contributed by atoms with Gasteiger partial charge >= 0.3 is 0 Å². The molecule has 4 nitrogen and oxygen atoms in total. The predicted molar refractivity (Wildman–Crippen MR) is 63.9 cm³/mol. The third kappa shape index (κ3) is 3.63. The van der Waals surface area contributed by atoms with E-state index in [0.29, 0.717) is 0 Å². The van der Waals surface area contributed by atoms with Crippen molar-refractivity contribution in [3.05, 3.63) is 0 Å². The molecule has 0 bridgehead atoms. The molecule has 0 radical (unpaired) electrons. The average molecular weight is 236 g/mol. The summed E-state index contributed by atoms with van der Waals surface area (Å²) in [6, 6.07) is -0.186. The first kappa shape index (κ1) is 14.7. The van der Waals surface area contributed by atoms with Crippen LogP contribution < -0.4 is 11.5 Å². The Bertz CT molecular complexity index is 209. The molecule has 1 aliphatic heterocycles. The first-order valence-corrected chi connectivity index (χ1v) is 5.35. The second kappa shape index (κ2) is 6.30. The highest BCUT2D eigenvalue weighted by molar-refractivity contribution is 5.85. The van der Waals surface area contributed by atoms with Crippen LogP contribution in [0.15, 0.2) is 0 Å². The number of hydrogen-bond acceptors (Lipinski definition) is 3. The number of carbonyl (C=O) groups is 1. The number of piperidine rings is 1. The molecule has 90 valence electrons. The lowest BCUT2D eigenvalue weighted by Crippen LogP contribution is -2.55. The van der Waals surface area contributed by atoms with Gasteiger partial charge in [-0.1, -0.05) is 0 Å². The van der Waals surface area contributed by atoms with Crippen LogP contribution in [0.5, 0.6) is 0 Å². The van der Waals surface area contributed by atoms with Gasteiger partial charge in [-0.05, 0) is 33.1 Å². The fourth-order valence-corrected chi connectivity index (χ4v) is 2.04. The summed E-state index contributed by atoms with van der Waals surface area (Å²) in [5, 5.41) is 0. The number of nitrogens with zero attached hydrogens (tertiary/aromatic N) is 1. The summed E-state index contributed by atoms with van der Waals surface area (Å²) in [6.07, 6.45) is 3.24. The van der Waals surface area contributed by atoms with Gasteiger partial charge in [-0.3, -0.25) is 4.79 Å². The van der Waals surface area contributed by atoms with E-state index in [9.17, 15) is 4.79 Å². The zero-order valence-corrected chi connectivity index (χ0v) is 10.3. The van der Waals surface area contributed by atoms with Gasteiger partial charge in [0.05, 0.1) is 6.04 Å². The number of carbonyl (C=O) groups excluding carboxylic acids is 1. The fraction of sp³-hybridized carbons (Fsp3) is 0.900. The van der Waals surface area contributed by atoms with E-state index in [2.05, 4.69) is 0 Å². The van der Waals surface area contributed by atoms with E-state index in [4.69, 9.17) is 11.5 Å². The maximum absolute atomic E-state index is 11.8. The molecule has 0 aromatic heterocycles. The zero-order valence-electron chi connectivity index (χ0n) is 9.48. The van der Waals surface area contributed by atoms with Crippen molar-refractivity contribution in [2.45, 2.75) is 51.2 Å². The van der Waals surface area contributed by atoms with Crippen LogP contribution in [0.2, 0.25) is 0 Å². The number of rotatable bonds is 2. The van der Waals surface area contributed by atoms with Crippen LogP contribution in [0.1, 0.15) is 33.1 Å². The van der Waals surface area contributed by atoms with Gasteiger partial charge in [0.15, 0.2) is 0 Å². The summed E-state index contributed by atoms with van der Waals surface area (Å²) >= 11 is 0. The number of nitrogens with two attached hydrogens (primary N) is 2. The second-order valence-corrected chi connectivity index (χ2v) is 4.24. The summed E-state index contributed by atoms with van der Waals surface area (Å²) in [4.78, 5) is 13.6. The third-order valence-corrected chi connectivity index (χ3v) is 2.83. The molecule has 1 saturated heterocycles. The minimum absolute atomic E-state index is 0. The van der Waals surface area contributed by atoms with Gasteiger partial charge in [-0.25, -0.2) is 0 Å². The quantitative estimate of drug-likeness (QED) is 0.732. The van der Waals surface area contributed by atoms with Crippen molar-refractivity contribution >= 4 is 18.3 Å². The summed E-state index contributed by atoms with van der Waals surface area (Å²) < 4.78 is 0. The highest BCUT2D eigenvalue weighted by atomic mass is 35.5. The van der Waals surface area contributed by atoms with Gasteiger partial charge in [0.25, 0.3) is 0 Å². The Kier molecular flexibility index (Phi) is 6.17. The van der Waals surface area contributed by atoms with E-state index >= 15 is 0 Å². The summed E-state index contributed by atoms with van der Waals surface area (Å²) in [6.45, 7) is 4.50. The molecule has 15 heavy (non-hydrogen) atoms. The van der Waals surface area contributed by atoms with E-state index in [1.54, 1.807) is 6.92 Å². The molecule has 1 amide bonds. The molecular formula is C10H22ClN3O. The highest BCUT2D eigenvalue weighted by Gasteiger charge is 2.30. The third-order valence-electron chi connectivity index (χ3n) is 2.83. The molecule has 1 rings (SSSR count). The topological polar surface area (TPSA) is 72.4 Å². The Balaban J connectivity index is 0.00000196. The molecule has 0 spiro atoms. The number of amides is 1. The van der Waals surface area contributed by atoms with Crippen molar-refractivity contribution < 1.29 is 4.79 Å². The Morgan fingerprint density at radius 1 is 1.33 bits per heavy atom. The molecular weight excluding hydrogens is 214 g/mol. The minimum atomic E-state index is -0.408. The number of halogens is 1. The average Bonchev–Trinajstić information content (AvgIpc) is 2.16. The molecule has 1 aliphatic rings. The van der Waals surface area contributed by atoms with Crippen molar-refractivity contribution in [1.82, 2.24) is 4.90 Å². The molecule has 1 fully saturated rings. The summed E-state index contributed by atoms with van der Waals surface area (Å²) in [7, 11) is 0. The minimum Gasteiger partial charge on any atom is -0.337 e. The predicted octanol–water partition coefficient (Wildman–Crippen LogP) is 0.484. The monoisotopic (exact) mass is 235 g/mol. The summed E-state index contributed by atoms with van der Waals surface area (Å²) in [5.41, 5.74) is 11.5. The van der Waals surface area contributed by atoms with Crippen molar-refractivity contribution in [1.29, 1.82) is 0 Å². The Morgan fingerprint density at radius 2 is 1.93 bits per heavy atom. The van der Waals surface area contributed by atoms with Crippen molar-refractivity contribution in [3.63, 3.8) is 0 Å². The van der Waals surface area contributed by atoms with Crippen molar-refractivity contribution in [3.8, 4) is 0 Å². The number of hydrogen-bond donors (Lipinski definition) is 2. The Hall–Kier alpha value is -0.320. The largest absolute Gasteiger partial charge is 0.337 e. The van der Waals surface area contributed by atoms with Crippen LogP contribution in [0.25, 0.3) is 0 Å². The van der Waals surface area contributed by atoms with Crippen LogP contribution in [0.3, 0.4) is 0 Å². The molecule has 3 atom stereocenters. The van der Waals surface area contributed by atoms with Crippen LogP contribution in [0.4, 0.5) is 0 Å². The standard InChI is InChI=1S/C10H21N3O.ClH/c1-7(11)9-5-3-4-6-13(9)10(14)8(2)12;/h7-9H,3-6,11-12H2,1-2H3;1H. The van der Waals surface area contributed by atoms with Gasteiger partial charge in [0.1, 0.15) is 0 Å². The van der Waals surface area contributed by atoms with Gasteiger partial charge in [0.2, 0.25) is 5.91 Å². The molecule has 0 aromatic carbocycles. The first-order valence-electron chi connectivity index (χ1n) is 5.35. The first-order chi connectivity index (χ1) is 6.54. The van der Waals surface area contributed by atoms with Gasteiger partial charge < -0.3 is 16.4 Å². The van der Waals surface area contributed by atoms with Crippen LogP contribution >= 0.6 is 12.4 Å². The van der Waals surface area contributed by atoms with E-state index in [1.807, 2.05) is 11.8 Å². The van der Waals surface area contributed by atoms with Crippen LogP contribution in [-0.4, -0.2) is 35.5 Å². The zero-order chi connectivity index (χ0) is 10.7. The molecule has 1 heterocycles. The highest BCUT2D eigenvalue weighted by Crippen LogP contribution is 2.19. The maximum atomic E-state index is 11.8. The molecule has 0 aromatic rings. The van der Waals surface area contributed by atoms with Gasteiger partial charge in [-0.15, -0.1) is 12.4 Å². The van der Waals surface area contributed by atoms with Crippen LogP contribution in [0, 0.1) is 0 Å². The van der Waals surface area contributed by atoms with Crippen molar-refractivity contribution in [2.24, 2.45) is 11.5 Å². The second-order valence-electron chi connectivity index (χ2n) is 4.24. The lowest BCUT2D eigenvalue weighted by Gasteiger charge is -2.38. The Morgan fingerprint density at radius 3 is 2.40 bits per heavy atom. The molecule has 3 unspecified atom stereocenters. The molecule has 0 aliphatic carbocycles. The maximum Gasteiger partial charge on any atom is 0.239 e. The smallest absolute Gasteiger partial charge is 0.239 e. The van der Waals surface area contributed by atoms with Gasteiger partial charge in [-0.2, -0.15) is 0 Å². The van der Waals surface area contributed by atoms with E-state index in [0.717, 1.165) is 25.8 Å². The van der Waals surface area contributed by atoms with Crippen LogP contribution in [-0.2, 0) is 4.79 Å². The number of likely N-dealkylation sites (tertiary alicyclic amines) is 1. The van der Waals surface area contributed by atoms with Gasteiger partial charge in [0, 0.05) is 18.6 Å². The Labute approximate surface area is 97.8 Å². The molecule has 5 heteroatoms. The van der Waals surface area contributed by atoms with Crippen molar-refractivity contribution in [2.75, 3.05) is 6.54 Å². The molecule has 4 N–H and O–H groups in total.